The van der Waals surface area contributed by atoms with E-state index in [4.69, 9.17) is 4.74 Å². The van der Waals surface area contributed by atoms with Gasteiger partial charge in [-0.3, -0.25) is 4.79 Å². The van der Waals surface area contributed by atoms with Gasteiger partial charge >= 0.3 is 5.97 Å². The van der Waals surface area contributed by atoms with E-state index in [0.717, 1.165) is 0 Å². The molecular weight excluding hydrogens is 351 g/mol. The summed E-state index contributed by atoms with van der Waals surface area (Å²) in [6.07, 6.45) is 1.40. The average molecular weight is 366 g/mol. The van der Waals surface area contributed by atoms with Gasteiger partial charge in [-0.25, -0.2) is 19.2 Å². The van der Waals surface area contributed by atoms with Crippen LogP contribution >= 0.6 is 0 Å². The van der Waals surface area contributed by atoms with Gasteiger partial charge in [0.2, 0.25) is 5.95 Å². The number of nitrogens with one attached hydrogen (secondary N) is 2. The van der Waals surface area contributed by atoms with Gasteiger partial charge in [-0.1, -0.05) is 18.2 Å². The number of halogens is 1. The third-order valence-electron chi connectivity index (χ3n) is 3.55. The highest BCUT2D eigenvalue weighted by Gasteiger charge is 2.14. The van der Waals surface area contributed by atoms with Gasteiger partial charge in [0.15, 0.2) is 0 Å². The molecule has 0 aliphatic carbocycles. The standard InChI is InChI=1S/C19H15FN4O3/c1-27-18(26)14-7-2-3-8-15(14)23-19-21-10-9-16(24-19)17(25)22-13-6-4-5-12(20)11-13/h2-11H,1H3,(H,22,25)(H,21,23,24). The number of carbonyl (C=O) groups excluding carboxylic acids is 2. The molecule has 3 aromatic rings. The van der Waals surface area contributed by atoms with Gasteiger partial charge in [0, 0.05) is 11.9 Å². The SMILES string of the molecule is COC(=O)c1ccccc1Nc1nccc(C(=O)Nc2cccc(F)c2)n1. The number of hydrogen-bond acceptors (Lipinski definition) is 6. The van der Waals surface area contributed by atoms with Gasteiger partial charge in [0.1, 0.15) is 11.5 Å². The molecule has 27 heavy (non-hydrogen) atoms. The maximum absolute atomic E-state index is 13.2. The minimum Gasteiger partial charge on any atom is -0.465 e. The summed E-state index contributed by atoms with van der Waals surface area (Å²) in [6, 6.07) is 13.6. The zero-order valence-corrected chi connectivity index (χ0v) is 14.3. The minimum atomic E-state index is -0.521. The molecular formula is C19H15FN4O3. The van der Waals surface area contributed by atoms with Gasteiger partial charge in [-0.05, 0) is 36.4 Å². The van der Waals surface area contributed by atoms with Crippen LogP contribution in [0.5, 0.6) is 0 Å². The molecule has 0 aliphatic heterocycles. The first-order valence-electron chi connectivity index (χ1n) is 7.91. The van der Waals surface area contributed by atoms with Crippen LogP contribution in [0.15, 0.2) is 60.8 Å². The molecule has 3 rings (SSSR count). The molecule has 0 spiro atoms. The summed E-state index contributed by atoms with van der Waals surface area (Å²) in [5.74, 6) is -1.37. The van der Waals surface area contributed by atoms with E-state index in [9.17, 15) is 14.0 Å². The number of carbonyl (C=O) groups is 2. The smallest absolute Gasteiger partial charge is 0.339 e. The lowest BCUT2D eigenvalue weighted by atomic mass is 10.2. The van der Waals surface area contributed by atoms with Crippen molar-refractivity contribution in [2.24, 2.45) is 0 Å². The topological polar surface area (TPSA) is 93.2 Å². The number of hydrogen-bond donors (Lipinski definition) is 2. The van der Waals surface area contributed by atoms with Crippen LogP contribution in [0.1, 0.15) is 20.8 Å². The third kappa shape index (κ3) is 4.43. The van der Waals surface area contributed by atoms with E-state index in [-0.39, 0.29) is 11.6 Å². The monoisotopic (exact) mass is 366 g/mol. The number of aromatic nitrogens is 2. The number of amides is 1. The summed E-state index contributed by atoms with van der Waals surface area (Å²) in [6.45, 7) is 0. The summed E-state index contributed by atoms with van der Waals surface area (Å²) in [5.41, 5.74) is 1.13. The minimum absolute atomic E-state index is 0.0762. The Morgan fingerprint density at radius 1 is 1.07 bits per heavy atom. The normalized spacial score (nSPS) is 10.1. The van der Waals surface area contributed by atoms with Crippen LogP contribution in [0.3, 0.4) is 0 Å². The highest BCUT2D eigenvalue weighted by atomic mass is 19.1. The number of anilines is 3. The second kappa shape index (κ2) is 8.05. The Kier molecular flexibility index (Phi) is 5.36. The van der Waals surface area contributed by atoms with E-state index in [1.165, 1.54) is 37.6 Å². The molecule has 0 bridgehead atoms. The fourth-order valence-electron chi connectivity index (χ4n) is 2.31. The van der Waals surface area contributed by atoms with Crippen molar-refractivity contribution in [1.29, 1.82) is 0 Å². The largest absolute Gasteiger partial charge is 0.465 e. The molecule has 0 fully saturated rings. The van der Waals surface area contributed by atoms with Crippen LogP contribution in [0.25, 0.3) is 0 Å². The summed E-state index contributed by atoms with van der Waals surface area (Å²) < 4.78 is 18.0. The summed E-state index contributed by atoms with van der Waals surface area (Å²) in [4.78, 5) is 32.3. The van der Waals surface area contributed by atoms with E-state index in [1.54, 1.807) is 30.3 Å². The molecule has 1 amide bonds. The van der Waals surface area contributed by atoms with E-state index in [2.05, 4.69) is 20.6 Å². The van der Waals surface area contributed by atoms with Crippen LogP contribution < -0.4 is 10.6 Å². The lowest BCUT2D eigenvalue weighted by Gasteiger charge is -2.10. The predicted octanol–water partition coefficient (Wildman–Crippen LogP) is 3.40. The molecule has 0 saturated carbocycles. The van der Waals surface area contributed by atoms with E-state index < -0.39 is 17.7 Å². The predicted molar refractivity (Wildman–Crippen MR) is 97.4 cm³/mol. The zero-order chi connectivity index (χ0) is 19.2. The number of methoxy groups -OCH3 is 1. The van der Waals surface area contributed by atoms with E-state index >= 15 is 0 Å². The van der Waals surface area contributed by atoms with Gasteiger partial charge in [-0.15, -0.1) is 0 Å². The molecule has 0 atom stereocenters. The van der Waals surface area contributed by atoms with Crippen molar-refractivity contribution in [3.8, 4) is 0 Å². The van der Waals surface area contributed by atoms with Crippen LogP contribution in [-0.2, 0) is 4.74 Å². The zero-order valence-electron chi connectivity index (χ0n) is 14.3. The number of para-hydroxylation sites is 1. The molecule has 1 heterocycles. The Bertz CT molecular complexity index is 994. The van der Waals surface area contributed by atoms with Gasteiger partial charge in [0.05, 0.1) is 18.4 Å². The first-order valence-corrected chi connectivity index (χ1v) is 7.91. The first-order chi connectivity index (χ1) is 13.1. The highest BCUT2D eigenvalue weighted by Crippen LogP contribution is 2.19. The first kappa shape index (κ1) is 18.0. The number of esters is 1. The number of benzene rings is 2. The van der Waals surface area contributed by atoms with Crippen LogP contribution in [0, 0.1) is 5.82 Å². The van der Waals surface area contributed by atoms with E-state index in [1.807, 2.05) is 0 Å². The van der Waals surface area contributed by atoms with Crippen molar-refractivity contribution in [1.82, 2.24) is 9.97 Å². The van der Waals surface area contributed by atoms with Crippen molar-refractivity contribution in [2.45, 2.75) is 0 Å². The maximum Gasteiger partial charge on any atom is 0.339 e. The third-order valence-corrected chi connectivity index (χ3v) is 3.55. The van der Waals surface area contributed by atoms with Crippen molar-refractivity contribution in [3.63, 3.8) is 0 Å². The second-order valence-electron chi connectivity index (χ2n) is 5.39. The average Bonchev–Trinajstić information content (AvgIpc) is 2.68. The van der Waals surface area contributed by atoms with Crippen LogP contribution in [-0.4, -0.2) is 29.0 Å². The molecule has 136 valence electrons. The number of nitrogens with zero attached hydrogens (tertiary/aromatic N) is 2. The summed E-state index contributed by atoms with van der Waals surface area (Å²) in [7, 11) is 1.28. The second-order valence-corrected chi connectivity index (χ2v) is 5.39. The Balaban J connectivity index is 1.80. The Hall–Kier alpha value is -3.81. The van der Waals surface area contributed by atoms with Gasteiger partial charge in [-0.2, -0.15) is 0 Å². The maximum atomic E-state index is 13.2. The molecule has 0 unspecified atom stereocenters. The molecule has 0 aliphatic rings. The molecule has 2 N–H and O–H groups in total. The fraction of sp³-hybridized carbons (Fsp3) is 0.0526. The van der Waals surface area contributed by atoms with Gasteiger partial charge in [0.25, 0.3) is 5.91 Å². The molecule has 0 saturated heterocycles. The molecule has 2 aromatic carbocycles. The Labute approximate surface area is 154 Å². The van der Waals surface area contributed by atoms with Crippen molar-refractivity contribution in [3.05, 3.63) is 77.9 Å². The Morgan fingerprint density at radius 2 is 1.89 bits per heavy atom. The fourth-order valence-corrected chi connectivity index (χ4v) is 2.31. The van der Waals surface area contributed by atoms with Crippen molar-refractivity contribution < 1.29 is 18.7 Å². The summed E-state index contributed by atoms with van der Waals surface area (Å²) >= 11 is 0. The van der Waals surface area contributed by atoms with Crippen molar-refractivity contribution >= 4 is 29.2 Å². The van der Waals surface area contributed by atoms with Crippen LogP contribution in [0.4, 0.5) is 21.7 Å². The number of rotatable bonds is 5. The Morgan fingerprint density at radius 3 is 2.67 bits per heavy atom. The molecule has 0 radical (unpaired) electrons. The number of ether oxygens (including phenoxy) is 1. The van der Waals surface area contributed by atoms with Gasteiger partial charge < -0.3 is 15.4 Å². The summed E-state index contributed by atoms with van der Waals surface area (Å²) in [5, 5.41) is 5.45. The lowest BCUT2D eigenvalue weighted by Crippen LogP contribution is -2.15. The van der Waals surface area contributed by atoms with E-state index in [0.29, 0.717) is 16.9 Å². The van der Waals surface area contributed by atoms with Crippen LogP contribution in [0.2, 0.25) is 0 Å². The lowest BCUT2D eigenvalue weighted by molar-refractivity contribution is 0.0601. The molecule has 8 heteroatoms. The molecule has 7 nitrogen and oxygen atoms in total. The molecule has 1 aromatic heterocycles. The van der Waals surface area contributed by atoms with Crippen molar-refractivity contribution in [2.75, 3.05) is 17.7 Å². The quantitative estimate of drug-likeness (QED) is 0.672. The highest BCUT2D eigenvalue weighted by molar-refractivity contribution is 6.03.